The maximum absolute atomic E-state index is 5.81. The zero-order valence-corrected chi connectivity index (χ0v) is 13.8. The number of halogens is 1. The Labute approximate surface area is 138 Å². The first-order valence-electron chi connectivity index (χ1n) is 7.06. The Morgan fingerprint density at radius 2 is 1.73 bits per heavy atom. The van der Waals surface area contributed by atoms with Crippen LogP contribution >= 0.6 is 15.9 Å². The Balaban J connectivity index is 1.63. The standard InChI is InChI=1S/C18H16BrNO2/c1-13-17(12-21-11-14-7-9-16(19)10-8-14)22-18(20-13)15-5-3-2-4-6-15/h2-10H,11-12H2,1H3. The van der Waals surface area contributed by atoms with E-state index in [1.165, 1.54) is 0 Å². The molecule has 0 saturated heterocycles. The van der Waals surface area contributed by atoms with Crippen molar-refractivity contribution in [1.82, 2.24) is 4.98 Å². The van der Waals surface area contributed by atoms with Gasteiger partial charge in [0.1, 0.15) is 6.61 Å². The lowest BCUT2D eigenvalue weighted by atomic mass is 10.2. The molecule has 0 aliphatic rings. The summed E-state index contributed by atoms with van der Waals surface area (Å²) in [5, 5.41) is 0. The number of oxazole rings is 1. The molecule has 0 amide bonds. The first-order chi connectivity index (χ1) is 10.7. The molecular formula is C18H16BrNO2. The number of benzene rings is 2. The molecule has 0 unspecified atom stereocenters. The van der Waals surface area contributed by atoms with Crippen molar-refractivity contribution in [2.45, 2.75) is 20.1 Å². The Kier molecular flexibility index (Phi) is 4.71. The summed E-state index contributed by atoms with van der Waals surface area (Å²) in [7, 11) is 0. The van der Waals surface area contributed by atoms with E-state index < -0.39 is 0 Å². The van der Waals surface area contributed by atoms with Crippen molar-refractivity contribution < 1.29 is 9.15 Å². The Morgan fingerprint density at radius 3 is 2.45 bits per heavy atom. The van der Waals surface area contributed by atoms with E-state index in [-0.39, 0.29) is 0 Å². The third-order valence-electron chi connectivity index (χ3n) is 3.33. The molecule has 2 aromatic carbocycles. The van der Waals surface area contributed by atoms with Gasteiger partial charge in [0, 0.05) is 10.0 Å². The van der Waals surface area contributed by atoms with Gasteiger partial charge in [-0.15, -0.1) is 0 Å². The normalized spacial score (nSPS) is 10.8. The molecule has 112 valence electrons. The van der Waals surface area contributed by atoms with Crippen LogP contribution in [0.2, 0.25) is 0 Å². The number of aromatic nitrogens is 1. The molecule has 1 aromatic heterocycles. The summed E-state index contributed by atoms with van der Waals surface area (Å²) < 4.78 is 12.6. The van der Waals surface area contributed by atoms with Gasteiger partial charge in [-0.25, -0.2) is 4.98 Å². The van der Waals surface area contributed by atoms with Gasteiger partial charge in [0.05, 0.1) is 12.3 Å². The summed E-state index contributed by atoms with van der Waals surface area (Å²) in [6.07, 6.45) is 0. The van der Waals surface area contributed by atoms with Gasteiger partial charge >= 0.3 is 0 Å². The smallest absolute Gasteiger partial charge is 0.226 e. The quantitative estimate of drug-likeness (QED) is 0.634. The molecule has 0 aliphatic heterocycles. The van der Waals surface area contributed by atoms with Crippen molar-refractivity contribution in [3.63, 3.8) is 0 Å². The average molecular weight is 358 g/mol. The fourth-order valence-corrected chi connectivity index (χ4v) is 2.37. The molecule has 3 nitrogen and oxygen atoms in total. The minimum Gasteiger partial charge on any atom is -0.438 e. The lowest BCUT2D eigenvalue weighted by Crippen LogP contribution is -1.94. The summed E-state index contributed by atoms with van der Waals surface area (Å²) in [5.74, 6) is 1.41. The summed E-state index contributed by atoms with van der Waals surface area (Å²) in [5.41, 5.74) is 2.98. The molecule has 0 saturated carbocycles. The second-order valence-electron chi connectivity index (χ2n) is 5.01. The second-order valence-corrected chi connectivity index (χ2v) is 5.93. The highest BCUT2D eigenvalue weighted by Crippen LogP contribution is 2.22. The van der Waals surface area contributed by atoms with E-state index >= 15 is 0 Å². The molecule has 3 aromatic rings. The van der Waals surface area contributed by atoms with Crippen molar-refractivity contribution in [2.24, 2.45) is 0 Å². The Hall–Kier alpha value is -1.91. The number of nitrogens with zero attached hydrogens (tertiary/aromatic N) is 1. The molecule has 0 aliphatic carbocycles. The van der Waals surface area contributed by atoms with Crippen LogP contribution in [0.1, 0.15) is 17.0 Å². The zero-order valence-electron chi connectivity index (χ0n) is 12.3. The van der Waals surface area contributed by atoms with E-state index in [2.05, 4.69) is 20.9 Å². The summed E-state index contributed by atoms with van der Waals surface area (Å²) >= 11 is 3.42. The van der Waals surface area contributed by atoms with Gasteiger partial charge < -0.3 is 9.15 Å². The minimum atomic E-state index is 0.418. The topological polar surface area (TPSA) is 35.3 Å². The first kappa shape index (κ1) is 15.0. The number of rotatable bonds is 5. The van der Waals surface area contributed by atoms with Crippen molar-refractivity contribution >= 4 is 15.9 Å². The molecule has 0 fully saturated rings. The van der Waals surface area contributed by atoms with Crippen LogP contribution in [0.5, 0.6) is 0 Å². The van der Waals surface area contributed by atoms with Crippen molar-refractivity contribution in [3.05, 3.63) is 76.1 Å². The molecule has 4 heteroatoms. The van der Waals surface area contributed by atoms with Crippen LogP contribution in [0.25, 0.3) is 11.5 Å². The van der Waals surface area contributed by atoms with E-state index in [4.69, 9.17) is 9.15 Å². The number of ether oxygens (including phenoxy) is 1. The van der Waals surface area contributed by atoms with Gasteiger partial charge in [-0.3, -0.25) is 0 Å². The number of hydrogen-bond acceptors (Lipinski definition) is 3. The van der Waals surface area contributed by atoms with Gasteiger partial charge in [-0.2, -0.15) is 0 Å². The third-order valence-corrected chi connectivity index (χ3v) is 3.86. The second kappa shape index (κ2) is 6.90. The molecule has 0 bridgehead atoms. The van der Waals surface area contributed by atoms with Crippen LogP contribution < -0.4 is 0 Å². The van der Waals surface area contributed by atoms with Gasteiger partial charge in [-0.05, 0) is 36.8 Å². The van der Waals surface area contributed by atoms with Crippen LogP contribution in [0.4, 0.5) is 0 Å². The van der Waals surface area contributed by atoms with Crippen molar-refractivity contribution in [2.75, 3.05) is 0 Å². The van der Waals surface area contributed by atoms with E-state index in [1.807, 2.05) is 61.5 Å². The van der Waals surface area contributed by atoms with Crippen LogP contribution in [0.15, 0.2) is 63.5 Å². The van der Waals surface area contributed by atoms with Gasteiger partial charge in [-0.1, -0.05) is 46.3 Å². The van der Waals surface area contributed by atoms with Crippen LogP contribution in [0.3, 0.4) is 0 Å². The molecule has 3 rings (SSSR count). The zero-order chi connectivity index (χ0) is 15.4. The highest BCUT2D eigenvalue weighted by molar-refractivity contribution is 9.10. The monoisotopic (exact) mass is 357 g/mol. The summed E-state index contributed by atoms with van der Waals surface area (Å²) in [6, 6.07) is 18.0. The van der Waals surface area contributed by atoms with Crippen LogP contribution in [-0.4, -0.2) is 4.98 Å². The van der Waals surface area contributed by atoms with Gasteiger partial charge in [0.25, 0.3) is 0 Å². The number of hydrogen-bond donors (Lipinski definition) is 0. The van der Waals surface area contributed by atoms with Gasteiger partial charge in [0.2, 0.25) is 5.89 Å². The van der Waals surface area contributed by atoms with E-state index in [9.17, 15) is 0 Å². The summed E-state index contributed by atoms with van der Waals surface area (Å²) in [6.45, 7) is 2.91. The SMILES string of the molecule is Cc1nc(-c2ccccc2)oc1COCc1ccc(Br)cc1. The Bertz CT molecular complexity index is 736. The van der Waals surface area contributed by atoms with E-state index in [0.717, 1.165) is 27.1 Å². The molecule has 22 heavy (non-hydrogen) atoms. The predicted octanol–water partition coefficient (Wildman–Crippen LogP) is 5.13. The van der Waals surface area contributed by atoms with Crippen molar-refractivity contribution in [3.8, 4) is 11.5 Å². The minimum absolute atomic E-state index is 0.418. The van der Waals surface area contributed by atoms with Gasteiger partial charge in [0.15, 0.2) is 5.76 Å². The molecule has 1 heterocycles. The first-order valence-corrected chi connectivity index (χ1v) is 7.85. The highest BCUT2D eigenvalue weighted by atomic mass is 79.9. The van der Waals surface area contributed by atoms with E-state index in [1.54, 1.807) is 0 Å². The molecule has 0 spiro atoms. The van der Waals surface area contributed by atoms with Crippen LogP contribution in [0, 0.1) is 6.92 Å². The molecular weight excluding hydrogens is 342 g/mol. The maximum Gasteiger partial charge on any atom is 0.226 e. The lowest BCUT2D eigenvalue weighted by Gasteiger charge is -2.03. The number of aryl methyl sites for hydroxylation is 1. The van der Waals surface area contributed by atoms with E-state index in [0.29, 0.717) is 19.1 Å². The fraction of sp³-hybridized carbons (Fsp3) is 0.167. The summed E-state index contributed by atoms with van der Waals surface area (Å²) in [4.78, 5) is 4.47. The molecule has 0 atom stereocenters. The van der Waals surface area contributed by atoms with Crippen LogP contribution in [-0.2, 0) is 18.0 Å². The lowest BCUT2D eigenvalue weighted by molar-refractivity contribution is 0.0929. The third kappa shape index (κ3) is 3.64. The highest BCUT2D eigenvalue weighted by Gasteiger charge is 2.11. The largest absolute Gasteiger partial charge is 0.438 e. The molecule has 0 N–H and O–H groups in total. The molecule has 0 radical (unpaired) electrons. The fourth-order valence-electron chi connectivity index (χ4n) is 2.11. The van der Waals surface area contributed by atoms with Crippen molar-refractivity contribution in [1.29, 1.82) is 0 Å². The maximum atomic E-state index is 5.81. The Morgan fingerprint density at radius 1 is 1.00 bits per heavy atom. The predicted molar refractivity (Wildman–Crippen MR) is 89.3 cm³/mol. The average Bonchev–Trinajstić information content (AvgIpc) is 2.91.